The van der Waals surface area contributed by atoms with Crippen LogP contribution in [0.5, 0.6) is 0 Å². The number of piperazine rings is 1. The molecule has 114 valence electrons. The Hall–Kier alpha value is -2.27. The highest BCUT2D eigenvalue weighted by atomic mass is 16.5. The third-order valence-corrected chi connectivity index (χ3v) is 4.17. The van der Waals surface area contributed by atoms with Gasteiger partial charge in [-0.1, -0.05) is 6.08 Å². The Kier molecular flexibility index (Phi) is 3.35. The van der Waals surface area contributed by atoms with E-state index < -0.39 is 0 Å². The summed E-state index contributed by atoms with van der Waals surface area (Å²) in [5.41, 5.74) is 4.52. The molecule has 2 aliphatic rings. The van der Waals surface area contributed by atoms with Crippen LogP contribution in [0.4, 0.5) is 5.82 Å². The molecular formula is C17H20N4O. The van der Waals surface area contributed by atoms with E-state index in [0.717, 1.165) is 43.0 Å². The molecule has 22 heavy (non-hydrogen) atoms. The first-order valence-corrected chi connectivity index (χ1v) is 7.75. The van der Waals surface area contributed by atoms with Crippen molar-refractivity contribution in [2.45, 2.75) is 6.92 Å². The molecule has 0 aromatic carbocycles. The lowest BCUT2D eigenvalue weighted by Crippen LogP contribution is -2.44. The zero-order valence-electron chi connectivity index (χ0n) is 12.7. The fourth-order valence-corrected chi connectivity index (χ4v) is 3.05. The van der Waals surface area contributed by atoms with E-state index in [4.69, 9.17) is 9.84 Å². The molecule has 4 rings (SSSR count). The van der Waals surface area contributed by atoms with E-state index in [1.54, 1.807) is 6.26 Å². The molecule has 0 unspecified atom stereocenters. The standard InChI is InChI=1S/C17H20N4O/c1-13-9-15-11-16(14-3-2-8-22-12-14)19-21(15)17(10-13)20-6-4-18-5-7-20/h2-3,8-11,18H,4-7,12H2,1H3. The van der Waals surface area contributed by atoms with Crippen LogP contribution in [-0.2, 0) is 4.74 Å². The van der Waals surface area contributed by atoms with Gasteiger partial charge < -0.3 is 15.0 Å². The molecule has 1 fully saturated rings. The zero-order chi connectivity index (χ0) is 14.9. The first-order valence-electron chi connectivity index (χ1n) is 7.75. The van der Waals surface area contributed by atoms with Crippen LogP contribution in [0, 0.1) is 6.92 Å². The van der Waals surface area contributed by atoms with E-state index in [-0.39, 0.29) is 0 Å². The molecule has 0 spiro atoms. The fourth-order valence-electron chi connectivity index (χ4n) is 3.05. The Morgan fingerprint density at radius 3 is 2.82 bits per heavy atom. The highest BCUT2D eigenvalue weighted by Crippen LogP contribution is 2.24. The number of fused-ring (bicyclic) bond motifs is 1. The summed E-state index contributed by atoms with van der Waals surface area (Å²) in [5.74, 6) is 1.18. The van der Waals surface area contributed by atoms with Crippen LogP contribution in [0.3, 0.4) is 0 Å². The summed E-state index contributed by atoms with van der Waals surface area (Å²) >= 11 is 0. The van der Waals surface area contributed by atoms with Crippen molar-refractivity contribution in [3.8, 4) is 0 Å². The summed E-state index contributed by atoms with van der Waals surface area (Å²) in [5, 5.41) is 8.22. The molecule has 0 aliphatic carbocycles. The number of allylic oxidation sites excluding steroid dienone is 2. The maximum atomic E-state index is 5.39. The van der Waals surface area contributed by atoms with E-state index in [2.05, 4.69) is 45.9 Å². The molecule has 4 heterocycles. The number of pyridine rings is 1. The summed E-state index contributed by atoms with van der Waals surface area (Å²) in [7, 11) is 0. The molecule has 0 saturated carbocycles. The van der Waals surface area contributed by atoms with Crippen LogP contribution in [0.25, 0.3) is 11.1 Å². The lowest BCUT2D eigenvalue weighted by molar-refractivity contribution is 0.292. The van der Waals surface area contributed by atoms with E-state index in [1.165, 1.54) is 11.4 Å². The smallest absolute Gasteiger partial charge is 0.131 e. The van der Waals surface area contributed by atoms with Gasteiger partial charge in [-0.3, -0.25) is 0 Å². The molecule has 5 nitrogen and oxygen atoms in total. The van der Waals surface area contributed by atoms with Crippen molar-refractivity contribution in [3.05, 3.63) is 47.9 Å². The molecule has 2 aliphatic heterocycles. The van der Waals surface area contributed by atoms with Crippen LogP contribution in [0.15, 0.2) is 36.6 Å². The Bertz CT molecular complexity index is 753. The van der Waals surface area contributed by atoms with Crippen molar-refractivity contribution < 1.29 is 4.74 Å². The highest BCUT2D eigenvalue weighted by molar-refractivity contribution is 5.71. The van der Waals surface area contributed by atoms with Crippen molar-refractivity contribution in [2.24, 2.45) is 0 Å². The second-order valence-corrected chi connectivity index (χ2v) is 5.83. The normalized spacial score (nSPS) is 18.4. The summed E-state index contributed by atoms with van der Waals surface area (Å²) < 4.78 is 7.45. The molecule has 0 atom stereocenters. The minimum Gasteiger partial charge on any atom is -0.496 e. The molecular weight excluding hydrogens is 276 g/mol. The number of anilines is 1. The molecule has 1 N–H and O–H groups in total. The minimum absolute atomic E-state index is 0.586. The van der Waals surface area contributed by atoms with Gasteiger partial charge in [-0.15, -0.1) is 0 Å². The number of aryl methyl sites for hydroxylation is 1. The van der Waals surface area contributed by atoms with E-state index in [1.807, 2.05) is 6.08 Å². The molecule has 0 amide bonds. The Morgan fingerprint density at radius 1 is 1.18 bits per heavy atom. The van der Waals surface area contributed by atoms with Gasteiger partial charge in [0.05, 0.1) is 17.5 Å². The van der Waals surface area contributed by atoms with E-state index >= 15 is 0 Å². The van der Waals surface area contributed by atoms with E-state index in [0.29, 0.717) is 6.61 Å². The molecule has 0 bridgehead atoms. The fraction of sp³-hybridized carbons (Fsp3) is 0.353. The molecule has 1 saturated heterocycles. The van der Waals surface area contributed by atoms with Crippen molar-refractivity contribution >= 4 is 16.9 Å². The van der Waals surface area contributed by atoms with Crippen LogP contribution < -0.4 is 10.2 Å². The van der Waals surface area contributed by atoms with Gasteiger partial charge in [-0.25, -0.2) is 4.52 Å². The first kappa shape index (κ1) is 13.4. The zero-order valence-corrected chi connectivity index (χ0v) is 12.7. The van der Waals surface area contributed by atoms with Gasteiger partial charge in [-0.05, 0) is 36.8 Å². The summed E-state index contributed by atoms with van der Waals surface area (Å²) in [4.78, 5) is 2.40. The minimum atomic E-state index is 0.586. The number of rotatable bonds is 2. The summed E-state index contributed by atoms with van der Waals surface area (Å²) in [6.45, 7) is 6.80. The van der Waals surface area contributed by atoms with Gasteiger partial charge in [0, 0.05) is 31.8 Å². The lowest BCUT2D eigenvalue weighted by Gasteiger charge is -2.29. The maximum absolute atomic E-state index is 5.39. The van der Waals surface area contributed by atoms with Gasteiger partial charge in [-0.2, -0.15) is 5.10 Å². The monoisotopic (exact) mass is 296 g/mol. The number of hydrogen-bond acceptors (Lipinski definition) is 4. The largest absolute Gasteiger partial charge is 0.496 e. The molecule has 0 radical (unpaired) electrons. The number of aromatic nitrogens is 2. The molecule has 2 aromatic heterocycles. The third kappa shape index (κ3) is 2.37. The van der Waals surface area contributed by atoms with Crippen molar-refractivity contribution in [1.29, 1.82) is 0 Å². The second kappa shape index (κ2) is 5.50. The first-order chi connectivity index (χ1) is 10.8. The lowest BCUT2D eigenvalue weighted by atomic mass is 10.1. The van der Waals surface area contributed by atoms with Crippen LogP contribution >= 0.6 is 0 Å². The predicted octanol–water partition coefficient (Wildman–Crippen LogP) is 1.98. The number of nitrogens with one attached hydrogen (secondary N) is 1. The van der Waals surface area contributed by atoms with Gasteiger partial charge in [0.2, 0.25) is 0 Å². The van der Waals surface area contributed by atoms with Crippen LogP contribution in [0.2, 0.25) is 0 Å². The highest BCUT2D eigenvalue weighted by Gasteiger charge is 2.17. The average Bonchev–Trinajstić information content (AvgIpc) is 2.99. The molecule has 2 aromatic rings. The number of ether oxygens (including phenoxy) is 1. The Morgan fingerprint density at radius 2 is 2.05 bits per heavy atom. The van der Waals surface area contributed by atoms with E-state index in [9.17, 15) is 0 Å². The Labute approximate surface area is 129 Å². The number of hydrogen-bond donors (Lipinski definition) is 1. The molecule has 5 heteroatoms. The maximum Gasteiger partial charge on any atom is 0.131 e. The van der Waals surface area contributed by atoms with Crippen LogP contribution in [0.1, 0.15) is 11.3 Å². The van der Waals surface area contributed by atoms with Crippen LogP contribution in [-0.4, -0.2) is 42.4 Å². The van der Waals surface area contributed by atoms with Gasteiger partial charge in [0.1, 0.15) is 12.4 Å². The van der Waals surface area contributed by atoms with Crippen molar-refractivity contribution in [2.75, 3.05) is 37.7 Å². The summed E-state index contributed by atoms with van der Waals surface area (Å²) in [6.07, 6.45) is 5.71. The van der Waals surface area contributed by atoms with Crippen molar-refractivity contribution in [3.63, 3.8) is 0 Å². The van der Waals surface area contributed by atoms with Gasteiger partial charge in [0.15, 0.2) is 0 Å². The van der Waals surface area contributed by atoms with Gasteiger partial charge in [0.25, 0.3) is 0 Å². The Balaban J connectivity index is 1.80. The summed E-state index contributed by atoms with van der Waals surface area (Å²) in [6, 6.07) is 6.55. The number of nitrogens with zero attached hydrogens (tertiary/aromatic N) is 3. The van der Waals surface area contributed by atoms with Gasteiger partial charge >= 0.3 is 0 Å². The average molecular weight is 296 g/mol. The second-order valence-electron chi connectivity index (χ2n) is 5.83. The van der Waals surface area contributed by atoms with Crippen molar-refractivity contribution in [1.82, 2.24) is 14.9 Å². The third-order valence-electron chi connectivity index (χ3n) is 4.17. The SMILES string of the molecule is Cc1cc(N2CCNCC2)n2nc(C3=CC=COC3)cc2c1. The predicted molar refractivity (Wildman–Crippen MR) is 88.1 cm³/mol. The topological polar surface area (TPSA) is 41.8 Å². The quantitative estimate of drug-likeness (QED) is 0.920.